The first-order valence-electron chi connectivity index (χ1n) is 3.56. The minimum Gasteiger partial charge on any atom is -0.395 e. The van der Waals surface area contributed by atoms with Crippen LogP contribution >= 0.6 is 0 Å². The average molecular weight is 140 g/mol. The van der Waals surface area contributed by atoms with Crippen molar-refractivity contribution in [3.63, 3.8) is 0 Å². The molecule has 0 aromatic rings. The van der Waals surface area contributed by atoms with Gasteiger partial charge in [-0.1, -0.05) is 0 Å². The summed E-state index contributed by atoms with van der Waals surface area (Å²) >= 11 is 0. The van der Waals surface area contributed by atoms with Gasteiger partial charge >= 0.3 is 0 Å². The van der Waals surface area contributed by atoms with Crippen LogP contribution in [0.15, 0.2) is 0 Å². The maximum Gasteiger partial charge on any atom is 0.0928 e. The first-order chi connectivity index (χ1) is 4.83. The summed E-state index contributed by atoms with van der Waals surface area (Å²) in [5.74, 6) is 0. The van der Waals surface area contributed by atoms with E-state index in [1.165, 1.54) is 0 Å². The lowest BCUT2D eigenvalue weighted by atomic mass is 9.83. The van der Waals surface area contributed by atoms with Crippen LogP contribution in [0.4, 0.5) is 0 Å². The molecular weight excluding hydrogens is 128 g/mol. The lowest BCUT2D eigenvalue weighted by molar-refractivity contribution is 0.145. The molecule has 0 aliphatic carbocycles. The van der Waals surface area contributed by atoms with Crippen molar-refractivity contribution in [1.82, 2.24) is 5.32 Å². The smallest absolute Gasteiger partial charge is 0.0928 e. The summed E-state index contributed by atoms with van der Waals surface area (Å²) in [5, 5.41) is 20.7. The Hall–Kier alpha value is -0.590. The molecule has 0 bridgehead atoms. The van der Waals surface area contributed by atoms with Gasteiger partial charge in [-0.25, -0.2) is 0 Å². The van der Waals surface area contributed by atoms with Crippen molar-refractivity contribution < 1.29 is 5.11 Å². The maximum absolute atomic E-state index is 8.88. The standard InChI is InChI=1S/C7H12N2O/c8-4-7(6-10)2-1-3-9-5-7/h9-10H,1-3,5-6H2. The molecule has 0 spiro atoms. The molecule has 2 N–H and O–H groups in total. The normalized spacial score (nSPS) is 33.2. The van der Waals surface area contributed by atoms with Gasteiger partial charge in [0.2, 0.25) is 0 Å². The van der Waals surface area contributed by atoms with Gasteiger partial charge in [-0.2, -0.15) is 5.26 Å². The van der Waals surface area contributed by atoms with Crippen LogP contribution in [0.25, 0.3) is 0 Å². The molecule has 0 radical (unpaired) electrons. The van der Waals surface area contributed by atoms with Gasteiger partial charge in [0, 0.05) is 6.54 Å². The molecule has 1 saturated heterocycles. The maximum atomic E-state index is 8.88. The van der Waals surface area contributed by atoms with Crippen molar-refractivity contribution in [3.05, 3.63) is 0 Å². The number of hydrogen-bond donors (Lipinski definition) is 2. The van der Waals surface area contributed by atoms with Crippen molar-refractivity contribution in [2.45, 2.75) is 12.8 Å². The lowest BCUT2D eigenvalue weighted by Gasteiger charge is -2.28. The van der Waals surface area contributed by atoms with Crippen LogP contribution in [0.3, 0.4) is 0 Å². The van der Waals surface area contributed by atoms with E-state index in [0.717, 1.165) is 19.4 Å². The number of hydrogen-bond acceptors (Lipinski definition) is 3. The molecule has 56 valence electrons. The van der Waals surface area contributed by atoms with E-state index in [1.807, 2.05) is 0 Å². The van der Waals surface area contributed by atoms with E-state index < -0.39 is 5.41 Å². The molecule has 3 nitrogen and oxygen atoms in total. The van der Waals surface area contributed by atoms with Gasteiger partial charge < -0.3 is 10.4 Å². The Bertz CT molecular complexity index is 144. The number of rotatable bonds is 1. The van der Waals surface area contributed by atoms with E-state index >= 15 is 0 Å². The molecule has 1 atom stereocenters. The van der Waals surface area contributed by atoms with Crippen LogP contribution in [0.5, 0.6) is 0 Å². The number of nitrogens with zero attached hydrogens (tertiary/aromatic N) is 1. The molecule has 0 saturated carbocycles. The van der Waals surface area contributed by atoms with Crippen LogP contribution in [0, 0.1) is 16.7 Å². The molecule has 1 unspecified atom stereocenters. The first kappa shape index (κ1) is 7.52. The molecule has 1 aliphatic rings. The fraction of sp³-hybridized carbons (Fsp3) is 0.857. The van der Waals surface area contributed by atoms with Crippen molar-refractivity contribution in [1.29, 1.82) is 5.26 Å². The number of aliphatic hydroxyl groups is 1. The number of piperidine rings is 1. The highest BCUT2D eigenvalue weighted by molar-refractivity contribution is 5.01. The van der Waals surface area contributed by atoms with E-state index in [0.29, 0.717) is 6.54 Å². The molecule has 1 fully saturated rings. The third-order valence-electron chi connectivity index (χ3n) is 2.01. The summed E-state index contributed by atoms with van der Waals surface area (Å²) in [6, 6.07) is 2.15. The quantitative estimate of drug-likeness (QED) is 0.533. The van der Waals surface area contributed by atoms with Crippen LogP contribution in [0.2, 0.25) is 0 Å². The topological polar surface area (TPSA) is 56.0 Å². The minimum atomic E-state index is -0.488. The first-order valence-corrected chi connectivity index (χ1v) is 3.56. The molecular formula is C7H12N2O. The third kappa shape index (κ3) is 1.28. The van der Waals surface area contributed by atoms with Crippen molar-refractivity contribution in [3.8, 4) is 6.07 Å². The summed E-state index contributed by atoms with van der Waals surface area (Å²) < 4.78 is 0. The van der Waals surface area contributed by atoms with Gasteiger partial charge in [0.1, 0.15) is 0 Å². The van der Waals surface area contributed by atoms with Crippen LogP contribution < -0.4 is 5.32 Å². The van der Waals surface area contributed by atoms with Gasteiger partial charge in [0.05, 0.1) is 18.1 Å². The zero-order valence-corrected chi connectivity index (χ0v) is 5.93. The Morgan fingerprint density at radius 2 is 2.50 bits per heavy atom. The van der Waals surface area contributed by atoms with E-state index in [9.17, 15) is 0 Å². The summed E-state index contributed by atoms with van der Waals surface area (Å²) in [6.45, 7) is 1.60. The fourth-order valence-corrected chi connectivity index (χ4v) is 1.23. The molecule has 1 rings (SSSR count). The van der Waals surface area contributed by atoms with E-state index in [4.69, 9.17) is 10.4 Å². The Kier molecular flexibility index (Phi) is 2.25. The van der Waals surface area contributed by atoms with Gasteiger partial charge in [0.25, 0.3) is 0 Å². The van der Waals surface area contributed by atoms with Crippen molar-refractivity contribution in [2.24, 2.45) is 5.41 Å². The predicted molar refractivity (Wildman–Crippen MR) is 37.2 cm³/mol. The summed E-state index contributed by atoms with van der Waals surface area (Å²) in [4.78, 5) is 0. The number of aliphatic hydroxyl groups excluding tert-OH is 1. The van der Waals surface area contributed by atoms with Crippen LogP contribution in [0.1, 0.15) is 12.8 Å². The van der Waals surface area contributed by atoms with Gasteiger partial charge in [-0.05, 0) is 19.4 Å². The highest BCUT2D eigenvalue weighted by Gasteiger charge is 2.30. The minimum absolute atomic E-state index is 0.0174. The Balaban J connectivity index is 2.55. The van der Waals surface area contributed by atoms with Gasteiger partial charge in [-0.3, -0.25) is 0 Å². The Morgan fingerprint density at radius 1 is 1.70 bits per heavy atom. The zero-order chi connectivity index (χ0) is 7.45. The lowest BCUT2D eigenvalue weighted by Crippen LogP contribution is -2.41. The van der Waals surface area contributed by atoms with Crippen LogP contribution in [-0.4, -0.2) is 24.8 Å². The fourth-order valence-electron chi connectivity index (χ4n) is 1.23. The highest BCUT2D eigenvalue weighted by Crippen LogP contribution is 2.23. The van der Waals surface area contributed by atoms with Crippen molar-refractivity contribution in [2.75, 3.05) is 19.7 Å². The molecule has 1 heterocycles. The van der Waals surface area contributed by atoms with Gasteiger partial charge in [-0.15, -0.1) is 0 Å². The number of nitrogens with one attached hydrogen (secondary N) is 1. The van der Waals surface area contributed by atoms with Crippen LogP contribution in [-0.2, 0) is 0 Å². The SMILES string of the molecule is N#CC1(CO)CCCNC1. The second-order valence-electron chi connectivity index (χ2n) is 2.83. The zero-order valence-electron chi connectivity index (χ0n) is 5.93. The predicted octanol–water partition coefficient (Wildman–Crippen LogP) is -0.128. The molecule has 0 aromatic heterocycles. The molecule has 3 heteroatoms. The third-order valence-corrected chi connectivity index (χ3v) is 2.01. The second-order valence-corrected chi connectivity index (χ2v) is 2.83. The highest BCUT2D eigenvalue weighted by atomic mass is 16.3. The Labute approximate surface area is 60.7 Å². The molecule has 10 heavy (non-hydrogen) atoms. The number of nitriles is 1. The van der Waals surface area contributed by atoms with E-state index in [-0.39, 0.29) is 6.61 Å². The average Bonchev–Trinajstić information content (AvgIpc) is 2.06. The second kappa shape index (κ2) is 3.00. The van der Waals surface area contributed by atoms with Gasteiger partial charge in [0.15, 0.2) is 0 Å². The summed E-state index contributed by atoms with van der Waals surface area (Å²) in [6.07, 6.45) is 1.82. The summed E-state index contributed by atoms with van der Waals surface area (Å²) in [5.41, 5.74) is -0.488. The Morgan fingerprint density at radius 3 is 2.80 bits per heavy atom. The molecule has 0 aromatic carbocycles. The van der Waals surface area contributed by atoms with Crippen molar-refractivity contribution >= 4 is 0 Å². The summed E-state index contributed by atoms with van der Waals surface area (Å²) in [7, 11) is 0. The van der Waals surface area contributed by atoms with E-state index in [1.54, 1.807) is 0 Å². The van der Waals surface area contributed by atoms with E-state index in [2.05, 4.69) is 11.4 Å². The molecule has 0 amide bonds. The largest absolute Gasteiger partial charge is 0.395 e. The monoisotopic (exact) mass is 140 g/mol. The molecule has 1 aliphatic heterocycles.